The smallest absolute Gasteiger partial charge is 0.407 e. The summed E-state index contributed by atoms with van der Waals surface area (Å²) in [7, 11) is 1.55. The van der Waals surface area contributed by atoms with Gasteiger partial charge in [-0.05, 0) is 44.4 Å². The molecule has 146 valence electrons. The highest BCUT2D eigenvalue weighted by molar-refractivity contribution is 5.94. The Bertz CT molecular complexity index is 589. The van der Waals surface area contributed by atoms with Crippen LogP contribution in [0.15, 0.2) is 18.2 Å². The van der Waals surface area contributed by atoms with Gasteiger partial charge in [-0.2, -0.15) is 0 Å². The normalized spacial score (nSPS) is 11.6. The summed E-state index contributed by atoms with van der Waals surface area (Å²) in [5.74, 6) is 1.22. The lowest BCUT2D eigenvalue weighted by molar-refractivity contribution is 0.0944. The molecule has 26 heavy (non-hydrogen) atoms. The second-order valence-corrected chi connectivity index (χ2v) is 6.20. The van der Waals surface area contributed by atoms with E-state index < -0.39 is 6.09 Å². The maximum Gasteiger partial charge on any atom is 0.407 e. The second-order valence-electron chi connectivity index (χ2n) is 6.20. The summed E-state index contributed by atoms with van der Waals surface area (Å²) in [4.78, 5) is 24.1. The summed E-state index contributed by atoms with van der Waals surface area (Å²) in [6.07, 6.45) is 0.252. The number of methoxy groups -OCH3 is 1. The summed E-state index contributed by atoms with van der Waals surface area (Å²) in [6, 6.07) is 4.81. The van der Waals surface area contributed by atoms with Crippen LogP contribution in [0.4, 0.5) is 4.79 Å². The predicted octanol–water partition coefficient (Wildman–Crippen LogP) is 2.98. The number of hydrogen-bond acceptors (Lipinski definition) is 5. The first kappa shape index (κ1) is 21.6. The third kappa shape index (κ3) is 7.21. The van der Waals surface area contributed by atoms with Gasteiger partial charge in [0.2, 0.25) is 0 Å². The maximum atomic E-state index is 12.5. The van der Waals surface area contributed by atoms with Crippen molar-refractivity contribution in [3.8, 4) is 11.5 Å². The van der Waals surface area contributed by atoms with Crippen LogP contribution in [-0.4, -0.2) is 44.9 Å². The number of carbonyl (C=O) groups is 2. The Morgan fingerprint density at radius 3 is 2.42 bits per heavy atom. The minimum atomic E-state index is -0.476. The van der Waals surface area contributed by atoms with Crippen molar-refractivity contribution in [1.82, 2.24) is 10.6 Å². The molecule has 0 aliphatic heterocycles. The van der Waals surface area contributed by atoms with Crippen molar-refractivity contribution in [3.63, 3.8) is 0 Å². The third-order valence-electron chi connectivity index (χ3n) is 3.59. The van der Waals surface area contributed by atoms with Gasteiger partial charge in [-0.3, -0.25) is 4.79 Å². The molecule has 0 radical (unpaired) electrons. The number of nitrogens with one attached hydrogen (secondary N) is 2. The zero-order chi connectivity index (χ0) is 19.5. The van der Waals surface area contributed by atoms with Gasteiger partial charge in [-0.15, -0.1) is 0 Å². The van der Waals surface area contributed by atoms with E-state index in [1.807, 2.05) is 6.92 Å². The van der Waals surface area contributed by atoms with Crippen LogP contribution in [0.3, 0.4) is 0 Å². The average molecular weight is 366 g/mol. The molecular weight excluding hydrogens is 336 g/mol. The lowest BCUT2D eigenvalue weighted by atomic mass is 10.0. The fourth-order valence-corrected chi connectivity index (χ4v) is 2.51. The van der Waals surface area contributed by atoms with Crippen molar-refractivity contribution in [2.24, 2.45) is 5.92 Å². The van der Waals surface area contributed by atoms with Gasteiger partial charge in [0.25, 0.3) is 5.91 Å². The molecular formula is C19H30N2O5. The molecule has 0 aliphatic carbocycles. The van der Waals surface area contributed by atoms with Crippen molar-refractivity contribution >= 4 is 12.0 Å². The van der Waals surface area contributed by atoms with E-state index >= 15 is 0 Å². The van der Waals surface area contributed by atoms with Crippen molar-refractivity contribution < 1.29 is 23.8 Å². The molecule has 1 rings (SSSR count). The highest BCUT2D eigenvalue weighted by Crippen LogP contribution is 2.28. The minimum absolute atomic E-state index is 0.206. The average Bonchev–Trinajstić information content (AvgIpc) is 2.59. The van der Waals surface area contributed by atoms with Gasteiger partial charge in [0.1, 0.15) is 0 Å². The molecule has 0 heterocycles. The number of hydrogen-bond donors (Lipinski definition) is 2. The first-order chi connectivity index (χ1) is 12.4. The number of ether oxygens (including phenoxy) is 3. The van der Waals surface area contributed by atoms with Crippen LogP contribution in [0.5, 0.6) is 11.5 Å². The number of rotatable bonds is 10. The summed E-state index contributed by atoms with van der Waals surface area (Å²) in [5, 5.41) is 5.64. The minimum Gasteiger partial charge on any atom is -0.493 e. The third-order valence-corrected chi connectivity index (χ3v) is 3.59. The zero-order valence-electron chi connectivity index (χ0n) is 16.3. The molecule has 0 bridgehead atoms. The van der Waals surface area contributed by atoms with E-state index in [0.717, 1.165) is 6.42 Å². The summed E-state index contributed by atoms with van der Waals surface area (Å²) in [6.45, 7) is 8.81. The summed E-state index contributed by atoms with van der Waals surface area (Å²) in [5.41, 5.74) is 0.466. The number of alkyl carbamates (subject to hydrolysis) is 1. The topological polar surface area (TPSA) is 85.9 Å². The molecule has 0 spiro atoms. The van der Waals surface area contributed by atoms with Crippen LogP contribution in [0.1, 0.15) is 44.5 Å². The molecule has 0 saturated heterocycles. The number of amides is 2. The highest BCUT2D eigenvalue weighted by atomic mass is 16.5. The van der Waals surface area contributed by atoms with Crippen LogP contribution < -0.4 is 20.1 Å². The molecule has 2 amide bonds. The molecule has 0 aliphatic rings. The Hall–Kier alpha value is -2.44. The molecule has 1 unspecified atom stereocenters. The molecule has 7 nitrogen and oxygen atoms in total. The first-order valence-corrected chi connectivity index (χ1v) is 8.93. The Morgan fingerprint density at radius 1 is 1.12 bits per heavy atom. The number of benzene rings is 1. The van der Waals surface area contributed by atoms with E-state index in [1.165, 1.54) is 0 Å². The van der Waals surface area contributed by atoms with E-state index in [2.05, 4.69) is 24.5 Å². The molecule has 0 aromatic heterocycles. The fraction of sp³-hybridized carbons (Fsp3) is 0.579. The zero-order valence-corrected chi connectivity index (χ0v) is 16.3. The van der Waals surface area contributed by atoms with E-state index in [0.29, 0.717) is 42.7 Å². The van der Waals surface area contributed by atoms with Gasteiger partial charge in [-0.1, -0.05) is 13.8 Å². The van der Waals surface area contributed by atoms with Gasteiger partial charge in [0.15, 0.2) is 11.5 Å². The van der Waals surface area contributed by atoms with Crippen LogP contribution in [0.2, 0.25) is 0 Å². The van der Waals surface area contributed by atoms with Crippen LogP contribution in [-0.2, 0) is 4.74 Å². The Morgan fingerprint density at radius 2 is 1.85 bits per heavy atom. The Labute approximate surface area is 155 Å². The standard InChI is InChI=1S/C19H30N2O5/c1-6-25-17-11-14(8-9-16(17)24-5)18(22)20-12-15(10-13(3)4)21-19(23)26-7-2/h8-9,11,13,15H,6-7,10,12H2,1-5H3,(H,20,22)(H,21,23). The predicted molar refractivity (Wildman–Crippen MR) is 99.9 cm³/mol. The van der Waals surface area contributed by atoms with E-state index in [4.69, 9.17) is 14.2 Å². The largest absolute Gasteiger partial charge is 0.493 e. The lowest BCUT2D eigenvalue weighted by Gasteiger charge is -2.21. The molecule has 1 aromatic rings. The van der Waals surface area contributed by atoms with Gasteiger partial charge < -0.3 is 24.8 Å². The van der Waals surface area contributed by atoms with Crippen molar-refractivity contribution in [2.45, 2.75) is 40.2 Å². The monoisotopic (exact) mass is 366 g/mol. The first-order valence-electron chi connectivity index (χ1n) is 8.93. The SMILES string of the molecule is CCOC(=O)NC(CNC(=O)c1ccc(OC)c(OCC)c1)CC(C)C. The molecule has 2 N–H and O–H groups in total. The molecule has 0 fully saturated rings. The summed E-state index contributed by atoms with van der Waals surface area (Å²) >= 11 is 0. The maximum absolute atomic E-state index is 12.5. The van der Waals surface area contributed by atoms with Crippen LogP contribution in [0, 0.1) is 5.92 Å². The molecule has 7 heteroatoms. The van der Waals surface area contributed by atoms with E-state index in [1.54, 1.807) is 32.2 Å². The molecule has 1 atom stereocenters. The summed E-state index contributed by atoms with van der Waals surface area (Å²) < 4.78 is 15.6. The lowest BCUT2D eigenvalue weighted by Crippen LogP contribution is -2.44. The van der Waals surface area contributed by atoms with Crippen LogP contribution in [0.25, 0.3) is 0 Å². The van der Waals surface area contributed by atoms with Crippen molar-refractivity contribution in [1.29, 1.82) is 0 Å². The second kappa shape index (κ2) is 11.2. The number of carbonyl (C=O) groups excluding carboxylic acids is 2. The van der Waals surface area contributed by atoms with Gasteiger partial charge in [-0.25, -0.2) is 4.79 Å². The quantitative estimate of drug-likeness (QED) is 0.665. The van der Waals surface area contributed by atoms with Gasteiger partial charge in [0, 0.05) is 18.2 Å². The van der Waals surface area contributed by atoms with Gasteiger partial charge >= 0.3 is 6.09 Å². The Balaban J connectivity index is 2.74. The molecule has 1 aromatic carbocycles. The van der Waals surface area contributed by atoms with Crippen molar-refractivity contribution in [2.75, 3.05) is 26.9 Å². The van der Waals surface area contributed by atoms with E-state index in [9.17, 15) is 9.59 Å². The fourth-order valence-electron chi connectivity index (χ4n) is 2.51. The van der Waals surface area contributed by atoms with Crippen LogP contribution >= 0.6 is 0 Å². The van der Waals surface area contributed by atoms with Crippen molar-refractivity contribution in [3.05, 3.63) is 23.8 Å². The molecule has 0 saturated carbocycles. The van der Waals surface area contributed by atoms with Gasteiger partial charge in [0.05, 0.1) is 20.3 Å². The van der Waals surface area contributed by atoms with E-state index in [-0.39, 0.29) is 11.9 Å². The Kier molecular flexibility index (Phi) is 9.33. The highest BCUT2D eigenvalue weighted by Gasteiger charge is 2.17.